The Balaban J connectivity index is 3.72. The van der Waals surface area contributed by atoms with E-state index in [1.165, 1.54) is 6.34 Å². The SMILES string of the molecule is C/C=C(\N=C/N)NC. The summed E-state index contributed by atoms with van der Waals surface area (Å²) in [6, 6.07) is 0. The van der Waals surface area contributed by atoms with Crippen LogP contribution < -0.4 is 11.1 Å². The molecule has 0 amide bonds. The van der Waals surface area contributed by atoms with E-state index in [-0.39, 0.29) is 0 Å². The molecule has 3 N–H and O–H groups in total. The normalized spacial score (nSPS) is 12.5. The zero-order chi connectivity index (χ0) is 6.41. The topological polar surface area (TPSA) is 50.4 Å². The maximum Gasteiger partial charge on any atom is 0.123 e. The number of rotatable bonds is 2. The van der Waals surface area contributed by atoms with E-state index < -0.39 is 0 Å². The highest BCUT2D eigenvalue weighted by Crippen LogP contribution is 1.84. The molecule has 0 aromatic carbocycles. The second kappa shape index (κ2) is 4.18. The lowest BCUT2D eigenvalue weighted by atomic mass is 10.6. The molecule has 0 rings (SSSR count). The lowest BCUT2D eigenvalue weighted by Crippen LogP contribution is -2.04. The van der Waals surface area contributed by atoms with Gasteiger partial charge in [-0.15, -0.1) is 0 Å². The summed E-state index contributed by atoms with van der Waals surface area (Å²) in [7, 11) is 1.79. The largest absolute Gasteiger partial charge is 0.390 e. The van der Waals surface area contributed by atoms with Gasteiger partial charge in [-0.05, 0) is 13.0 Å². The number of aliphatic imine (C=N–C) groups is 1. The second-order valence-corrected chi connectivity index (χ2v) is 1.20. The van der Waals surface area contributed by atoms with E-state index in [1.54, 1.807) is 7.05 Å². The lowest BCUT2D eigenvalue weighted by molar-refractivity contribution is 0.962. The number of nitrogens with two attached hydrogens (primary N) is 1. The second-order valence-electron chi connectivity index (χ2n) is 1.20. The first kappa shape index (κ1) is 7.01. The van der Waals surface area contributed by atoms with Crippen molar-refractivity contribution in [2.75, 3.05) is 7.05 Å². The fourth-order valence-electron chi connectivity index (χ4n) is 0.364. The predicted octanol–water partition coefficient (Wildman–Crippen LogP) is 0.0541. The Morgan fingerprint density at radius 1 is 1.75 bits per heavy atom. The standard InChI is InChI=1S/C5H11N3/c1-3-5(7-2)8-4-6/h3-4,7H,1-2H3,(H2,6,8)/b5-3-. The molecule has 3 heteroatoms. The fourth-order valence-corrected chi connectivity index (χ4v) is 0.364. The molecular weight excluding hydrogens is 102 g/mol. The third-order valence-corrected chi connectivity index (χ3v) is 0.743. The molecule has 0 aromatic rings. The Kier molecular flexibility index (Phi) is 3.66. The minimum Gasteiger partial charge on any atom is -0.390 e. The molecule has 0 aliphatic heterocycles. The van der Waals surface area contributed by atoms with Crippen molar-refractivity contribution in [3.8, 4) is 0 Å². The summed E-state index contributed by atoms with van der Waals surface area (Å²) in [4.78, 5) is 3.76. The third-order valence-electron chi connectivity index (χ3n) is 0.743. The predicted molar refractivity (Wildman–Crippen MR) is 35.5 cm³/mol. The highest BCUT2D eigenvalue weighted by atomic mass is 15.0. The summed E-state index contributed by atoms with van der Waals surface area (Å²) in [6.45, 7) is 1.89. The van der Waals surface area contributed by atoms with E-state index in [9.17, 15) is 0 Å². The number of allylic oxidation sites excluding steroid dienone is 1. The van der Waals surface area contributed by atoms with Crippen LogP contribution in [0.1, 0.15) is 6.92 Å². The van der Waals surface area contributed by atoms with E-state index in [1.807, 2.05) is 13.0 Å². The molecule has 0 aliphatic carbocycles. The average molecular weight is 113 g/mol. The Bertz CT molecular complexity index is 101. The Hall–Kier alpha value is -0.990. The maximum atomic E-state index is 5.01. The fraction of sp³-hybridized carbons (Fsp3) is 0.400. The monoisotopic (exact) mass is 113 g/mol. The molecule has 0 aliphatic rings. The van der Waals surface area contributed by atoms with Crippen LogP contribution in [-0.4, -0.2) is 13.4 Å². The molecule has 0 fully saturated rings. The number of hydrogen-bond acceptors (Lipinski definition) is 2. The van der Waals surface area contributed by atoms with Crippen molar-refractivity contribution in [1.29, 1.82) is 0 Å². The van der Waals surface area contributed by atoms with Gasteiger partial charge in [0.15, 0.2) is 0 Å². The van der Waals surface area contributed by atoms with Crippen LogP contribution >= 0.6 is 0 Å². The number of nitrogens with zero attached hydrogens (tertiary/aromatic N) is 1. The zero-order valence-corrected chi connectivity index (χ0v) is 5.18. The van der Waals surface area contributed by atoms with Crippen LogP contribution in [0.2, 0.25) is 0 Å². The highest BCUT2D eigenvalue weighted by molar-refractivity contribution is 5.53. The molecule has 8 heavy (non-hydrogen) atoms. The minimum atomic E-state index is 0.785. The average Bonchev–Trinajstić information content (AvgIpc) is 1.83. The summed E-state index contributed by atoms with van der Waals surface area (Å²) < 4.78 is 0. The van der Waals surface area contributed by atoms with E-state index in [2.05, 4.69) is 10.3 Å². The Morgan fingerprint density at radius 3 is 2.50 bits per heavy atom. The van der Waals surface area contributed by atoms with E-state index in [4.69, 9.17) is 5.73 Å². The molecule has 0 bridgehead atoms. The van der Waals surface area contributed by atoms with Crippen molar-refractivity contribution in [3.05, 3.63) is 11.9 Å². The van der Waals surface area contributed by atoms with Gasteiger partial charge >= 0.3 is 0 Å². The van der Waals surface area contributed by atoms with Gasteiger partial charge in [-0.25, -0.2) is 4.99 Å². The van der Waals surface area contributed by atoms with Crippen molar-refractivity contribution in [1.82, 2.24) is 5.32 Å². The summed E-state index contributed by atoms with van der Waals surface area (Å²) in [5.74, 6) is 0.785. The highest BCUT2D eigenvalue weighted by Gasteiger charge is 1.78. The molecule has 0 spiro atoms. The van der Waals surface area contributed by atoms with Gasteiger partial charge in [-0.3, -0.25) is 0 Å². The zero-order valence-electron chi connectivity index (χ0n) is 5.18. The molecule has 0 saturated heterocycles. The summed E-state index contributed by atoms with van der Waals surface area (Å²) in [6.07, 6.45) is 3.09. The Labute approximate surface area is 49.3 Å². The van der Waals surface area contributed by atoms with E-state index in [0.717, 1.165) is 5.82 Å². The van der Waals surface area contributed by atoms with Gasteiger partial charge in [-0.2, -0.15) is 0 Å². The molecule has 0 atom stereocenters. The first-order valence-corrected chi connectivity index (χ1v) is 2.43. The number of nitrogens with one attached hydrogen (secondary N) is 1. The lowest BCUT2D eigenvalue weighted by Gasteiger charge is -1.94. The van der Waals surface area contributed by atoms with Crippen molar-refractivity contribution in [2.24, 2.45) is 10.7 Å². The molecule has 0 unspecified atom stereocenters. The molecule has 0 aromatic heterocycles. The van der Waals surface area contributed by atoms with Gasteiger partial charge in [0.1, 0.15) is 5.82 Å². The van der Waals surface area contributed by atoms with Gasteiger partial charge < -0.3 is 11.1 Å². The van der Waals surface area contributed by atoms with Crippen molar-refractivity contribution in [2.45, 2.75) is 6.92 Å². The quantitative estimate of drug-likeness (QED) is 0.393. The van der Waals surface area contributed by atoms with Gasteiger partial charge in [0.2, 0.25) is 0 Å². The van der Waals surface area contributed by atoms with Crippen LogP contribution in [0, 0.1) is 0 Å². The van der Waals surface area contributed by atoms with E-state index in [0.29, 0.717) is 0 Å². The van der Waals surface area contributed by atoms with Crippen LogP contribution in [0.15, 0.2) is 16.9 Å². The molecule has 0 radical (unpaired) electrons. The summed E-state index contributed by atoms with van der Waals surface area (Å²) in [5.41, 5.74) is 5.01. The smallest absolute Gasteiger partial charge is 0.123 e. The number of hydrogen-bond donors (Lipinski definition) is 2. The maximum absolute atomic E-state index is 5.01. The summed E-state index contributed by atoms with van der Waals surface area (Å²) >= 11 is 0. The Morgan fingerprint density at radius 2 is 2.38 bits per heavy atom. The van der Waals surface area contributed by atoms with Crippen LogP contribution in [0.4, 0.5) is 0 Å². The van der Waals surface area contributed by atoms with Gasteiger partial charge in [0.05, 0.1) is 6.34 Å². The summed E-state index contributed by atoms with van der Waals surface area (Å²) in [5, 5.41) is 2.84. The molecule has 46 valence electrons. The minimum absolute atomic E-state index is 0.785. The van der Waals surface area contributed by atoms with Crippen molar-refractivity contribution < 1.29 is 0 Å². The van der Waals surface area contributed by atoms with E-state index >= 15 is 0 Å². The first-order chi connectivity index (χ1) is 3.85. The first-order valence-electron chi connectivity index (χ1n) is 2.43. The third kappa shape index (κ3) is 2.23. The van der Waals surface area contributed by atoms with Crippen LogP contribution in [-0.2, 0) is 0 Å². The van der Waals surface area contributed by atoms with Crippen molar-refractivity contribution in [3.63, 3.8) is 0 Å². The van der Waals surface area contributed by atoms with Crippen molar-refractivity contribution >= 4 is 6.34 Å². The molecule has 3 nitrogen and oxygen atoms in total. The molecular formula is C5H11N3. The molecule has 0 heterocycles. The molecule has 0 saturated carbocycles. The van der Waals surface area contributed by atoms with Gasteiger partial charge in [0, 0.05) is 7.05 Å². The van der Waals surface area contributed by atoms with Crippen LogP contribution in [0.25, 0.3) is 0 Å². The van der Waals surface area contributed by atoms with Crippen LogP contribution in [0.5, 0.6) is 0 Å². The van der Waals surface area contributed by atoms with Crippen LogP contribution in [0.3, 0.4) is 0 Å². The van der Waals surface area contributed by atoms with Gasteiger partial charge in [0.25, 0.3) is 0 Å². The van der Waals surface area contributed by atoms with Gasteiger partial charge in [-0.1, -0.05) is 0 Å².